The predicted molar refractivity (Wildman–Crippen MR) is 62.3 cm³/mol. The smallest absolute Gasteiger partial charge is 0.244 e. The fourth-order valence-corrected chi connectivity index (χ4v) is 1.09. The van der Waals surface area contributed by atoms with Crippen LogP contribution >= 0.6 is 0 Å². The van der Waals surface area contributed by atoms with Gasteiger partial charge in [-0.3, -0.25) is 9.59 Å². The number of carbonyl (C=O) groups excluding carboxylic acids is 2. The summed E-state index contributed by atoms with van der Waals surface area (Å²) in [7, 11) is 1.67. The summed E-state index contributed by atoms with van der Waals surface area (Å²) in [5, 5.41) is 2.53. The molecule has 5 heteroatoms. The molecule has 0 aliphatic carbocycles. The van der Waals surface area contributed by atoms with Gasteiger partial charge in [0.1, 0.15) is 6.04 Å². The molecule has 5 nitrogen and oxygen atoms in total. The van der Waals surface area contributed by atoms with E-state index in [4.69, 9.17) is 12.2 Å². The van der Waals surface area contributed by atoms with Gasteiger partial charge in [0, 0.05) is 20.0 Å². The van der Waals surface area contributed by atoms with Crippen molar-refractivity contribution in [2.24, 2.45) is 5.73 Å². The van der Waals surface area contributed by atoms with Gasteiger partial charge in [0.25, 0.3) is 0 Å². The predicted octanol–water partition coefficient (Wildman–Crippen LogP) is -0.680. The minimum Gasteiger partial charge on any atom is -0.344 e. The third kappa shape index (κ3) is 4.32. The number of terminal acetylenes is 1. The highest BCUT2D eigenvalue weighted by atomic mass is 16.2. The van der Waals surface area contributed by atoms with Gasteiger partial charge in [-0.2, -0.15) is 0 Å². The number of rotatable bonds is 5. The summed E-state index contributed by atoms with van der Waals surface area (Å²) >= 11 is 0. The van der Waals surface area contributed by atoms with Crippen LogP contribution in [-0.2, 0) is 9.59 Å². The highest BCUT2D eigenvalue weighted by Crippen LogP contribution is 1.93. The van der Waals surface area contributed by atoms with Crippen molar-refractivity contribution in [1.82, 2.24) is 10.2 Å². The van der Waals surface area contributed by atoms with E-state index in [9.17, 15) is 9.59 Å². The van der Waals surface area contributed by atoms with Crippen LogP contribution in [0.3, 0.4) is 0 Å². The van der Waals surface area contributed by atoms with E-state index in [0.29, 0.717) is 6.54 Å². The number of nitrogens with one attached hydrogen (secondary N) is 1. The summed E-state index contributed by atoms with van der Waals surface area (Å²) in [6.07, 6.45) is 5.21. The van der Waals surface area contributed by atoms with Gasteiger partial charge in [-0.1, -0.05) is 0 Å². The van der Waals surface area contributed by atoms with Crippen LogP contribution in [0.5, 0.6) is 0 Å². The van der Waals surface area contributed by atoms with Gasteiger partial charge < -0.3 is 16.0 Å². The fourth-order valence-electron chi connectivity index (χ4n) is 1.09. The Bertz CT molecular complexity index is 296. The van der Waals surface area contributed by atoms with E-state index in [-0.39, 0.29) is 12.3 Å². The number of nitrogens with two attached hydrogens (primary N) is 1. The van der Waals surface area contributed by atoms with Crippen molar-refractivity contribution < 1.29 is 9.59 Å². The van der Waals surface area contributed by atoms with Crippen molar-refractivity contribution in [2.75, 3.05) is 13.6 Å². The van der Waals surface area contributed by atoms with Crippen LogP contribution in [0.4, 0.5) is 0 Å². The molecule has 0 rings (SSSR count). The standard InChI is InChI=1S/C11H19N3O2/c1-5-7-9(12)10(15)13-8(3)11(16)14(4)6-2/h1,8-9H,6-7,12H2,2-4H3,(H,13,15). The van der Waals surface area contributed by atoms with E-state index < -0.39 is 18.0 Å². The van der Waals surface area contributed by atoms with Gasteiger partial charge in [0.15, 0.2) is 0 Å². The molecule has 0 aliphatic heterocycles. The average Bonchev–Trinajstić information content (AvgIpc) is 2.26. The third-order valence-corrected chi connectivity index (χ3v) is 2.25. The first-order valence-corrected chi connectivity index (χ1v) is 5.18. The molecule has 0 saturated carbocycles. The molecule has 2 unspecified atom stereocenters. The molecular formula is C11H19N3O2. The molecule has 0 fully saturated rings. The topological polar surface area (TPSA) is 75.4 Å². The highest BCUT2D eigenvalue weighted by Gasteiger charge is 2.21. The van der Waals surface area contributed by atoms with E-state index in [0.717, 1.165) is 0 Å². The number of nitrogens with zero attached hydrogens (tertiary/aromatic N) is 1. The lowest BCUT2D eigenvalue weighted by atomic mass is 10.2. The molecule has 0 aromatic rings. The van der Waals surface area contributed by atoms with Crippen LogP contribution in [0.2, 0.25) is 0 Å². The van der Waals surface area contributed by atoms with Crippen LogP contribution in [0.15, 0.2) is 0 Å². The first-order valence-electron chi connectivity index (χ1n) is 5.18. The second-order valence-corrected chi connectivity index (χ2v) is 3.60. The zero-order chi connectivity index (χ0) is 12.7. The van der Waals surface area contributed by atoms with Crippen LogP contribution in [0.25, 0.3) is 0 Å². The Kier molecular flexibility index (Phi) is 6.19. The highest BCUT2D eigenvalue weighted by molar-refractivity contribution is 5.89. The van der Waals surface area contributed by atoms with Gasteiger partial charge in [0.2, 0.25) is 11.8 Å². The zero-order valence-electron chi connectivity index (χ0n) is 9.99. The quantitative estimate of drug-likeness (QED) is 0.609. The molecule has 16 heavy (non-hydrogen) atoms. The van der Waals surface area contributed by atoms with E-state index >= 15 is 0 Å². The Morgan fingerprint density at radius 1 is 1.56 bits per heavy atom. The third-order valence-electron chi connectivity index (χ3n) is 2.25. The molecule has 0 saturated heterocycles. The Labute approximate surface area is 96.4 Å². The summed E-state index contributed by atoms with van der Waals surface area (Å²) in [5.41, 5.74) is 5.51. The van der Waals surface area contributed by atoms with Crippen LogP contribution in [0.1, 0.15) is 20.3 Å². The van der Waals surface area contributed by atoms with E-state index in [1.807, 2.05) is 6.92 Å². The zero-order valence-corrected chi connectivity index (χ0v) is 9.99. The van der Waals surface area contributed by atoms with Crippen molar-refractivity contribution >= 4 is 11.8 Å². The summed E-state index contributed by atoms with van der Waals surface area (Å²) in [5.74, 6) is 1.75. The summed E-state index contributed by atoms with van der Waals surface area (Å²) < 4.78 is 0. The fraction of sp³-hybridized carbons (Fsp3) is 0.636. The van der Waals surface area contributed by atoms with Gasteiger partial charge in [-0.05, 0) is 13.8 Å². The minimum absolute atomic E-state index is 0.149. The second-order valence-electron chi connectivity index (χ2n) is 3.60. The lowest BCUT2D eigenvalue weighted by molar-refractivity contribution is -0.135. The van der Waals surface area contributed by atoms with Crippen molar-refractivity contribution in [1.29, 1.82) is 0 Å². The van der Waals surface area contributed by atoms with Gasteiger partial charge >= 0.3 is 0 Å². The molecule has 90 valence electrons. The SMILES string of the molecule is C#CCC(N)C(=O)NC(C)C(=O)N(C)CC. The van der Waals surface area contributed by atoms with Crippen LogP contribution in [-0.4, -0.2) is 42.4 Å². The maximum Gasteiger partial charge on any atom is 0.244 e. The van der Waals surface area contributed by atoms with E-state index in [1.54, 1.807) is 14.0 Å². The van der Waals surface area contributed by atoms with E-state index in [2.05, 4.69) is 11.2 Å². The molecule has 2 amide bonds. The van der Waals surface area contributed by atoms with Crippen molar-refractivity contribution in [3.05, 3.63) is 0 Å². The monoisotopic (exact) mass is 225 g/mol. The maximum absolute atomic E-state index is 11.6. The normalized spacial score (nSPS) is 13.4. The number of hydrogen-bond donors (Lipinski definition) is 2. The maximum atomic E-state index is 11.6. The number of hydrogen-bond acceptors (Lipinski definition) is 3. The summed E-state index contributed by atoms with van der Waals surface area (Å²) in [4.78, 5) is 24.6. The number of amides is 2. The largest absolute Gasteiger partial charge is 0.344 e. The first kappa shape index (κ1) is 14.5. The van der Waals surface area contributed by atoms with Crippen LogP contribution in [0, 0.1) is 12.3 Å². The number of likely N-dealkylation sites (N-methyl/N-ethyl adjacent to an activating group) is 1. The van der Waals surface area contributed by atoms with E-state index in [1.165, 1.54) is 4.90 Å². The Balaban J connectivity index is 4.24. The van der Waals surface area contributed by atoms with Crippen molar-refractivity contribution in [3.8, 4) is 12.3 Å². The molecule has 0 heterocycles. The molecule has 0 bridgehead atoms. The summed E-state index contributed by atoms with van der Waals surface area (Å²) in [6.45, 7) is 4.07. The lowest BCUT2D eigenvalue weighted by Gasteiger charge is -2.21. The molecule has 0 aromatic carbocycles. The first-order chi connectivity index (χ1) is 7.43. The average molecular weight is 225 g/mol. The number of carbonyl (C=O) groups is 2. The molecule has 0 aliphatic rings. The molecule has 0 radical (unpaired) electrons. The molecule has 2 atom stereocenters. The van der Waals surface area contributed by atoms with Crippen LogP contribution < -0.4 is 11.1 Å². The molecule has 0 aromatic heterocycles. The Hall–Kier alpha value is -1.54. The van der Waals surface area contributed by atoms with Gasteiger partial charge in [-0.15, -0.1) is 12.3 Å². The lowest BCUT2D eigenvalue weighted by Crippen LogP contribution is -2.50. The minimum atomic E-state index is -0.757. The summed E-state index contributed by atoms with van der Waals surface area (Å²) in [6, 6.07) is -1.34. The van der Waals surface area contributed by atoms with Crippen molar-refractivity contribution in [3.63, 3.8) is 0 Å². The van der Waals surface area contributed by atoms with Crippen molar-refractivity contribution in [2.45, 2.75) is 32.4 Å². The molecule has 3 N–H and O–H groups in total. The molecule has 0 spiro atoms. The molecular weight excluding hydrogens is 206 g/mol. The second kappa shape index (κ2) is 6.85. The van der Waals surface area contributed by atoms with Gasteiger partial charge in [-0.25, -0.2) is 0 Å². The Morgan fingerprint density at radius 2 is 2.12 bits per heavy atom. The van der Waals surface area contributed by atoms with Gasteiger partial charge in [0.05, 0.1) is 6.04 Å². The Morgan fingerprint density at radius 3 is 2.56 bits per heavy atom.